The van der Waals surface area contributed by atoms with Crippen molar-refractivity contribution in [2.24, 2.45) is 0 Å². The van der Waals surface area contributed by atoms with Crippen LogP contribution in [0.2, 0.25) is 0 Å². The van der Waals surface area contributed by atoms with Crippen molar-refractivity contribution in [3.8, 4) is 0 Å². The maximum Gasteiger partial charge on any atom is 0.164 e. The molecule has 8 heavy (non-hydrogen) atoms. The Labute approximate surface area is 66.4 Å². The first-order chi connectivity index (χ1) is 3.41. The van der Waals surface area contributed by atoms with E-state index in [1.54, 1.807) is 0 Å². The summed E-state index contributed by atoms with van der Waals surface area (Å²) in [7, 11) is 6.97. The standard InChI is InChI=1S/C3H9ClN.ClH5Si2/c1-5(2,3)4;1-3-2/h1-3H3;3H2,2H3/q+1;. The molecule has 0 saturated heterocycles. The number of hydrogen-bond acceptors (Lipinski definition) is 0. The predicted molar refractivity (Wildman–Crippen MR) is 48.2 cm³/mol. The molecule has 0 saturated carbocycles. The Kier molecular flexibility index (Phi) is 8.94. The van der Waals surface area contributed by atoms with Crippen molar-refractivity contribution in [2.45, 2.75) is 0 Å². The zero-order valence-electron chi connectivity index (χ0n) is 5.91. The van der Waals surface area contributed by atoms with Crippen molar-refractivity contribution in [2.75, 3.05) is 21.1 Å². The van der Waals surface area contributed by atoms with Crippen LogP contribution in [0.5, 0.6) is 0 Å². The average Bonchev–Trinajstić information content (AvgIpc) is 1.27. The number of nitrogens with zero attached hydrogens (tertiary/aromatic N) is 1. The van der Waals surface area contributed by atoms with Gasteiger partial charge in [-0.25, -0.2) is 4.00 Å². The molecule has 52 valence electrons. The van der Waals surface area contributed by atoms with Gasteiger partial charge in [-0.2, -0.15) is 11.1 Å². The average molecular weight is 191 g/mol. The van der Waals surface area contributed by atoms with Crippen LogP contribution in [0.1, 0.15) is 0 Å². The Hall–Kier alpha value is 0.974. The molecule has 1 nitrogen and oxygen atoms in total. The lowest BCUT2D eigenvalue weighted by Gasteiger charge is -2.07. The van der Waals surface area contributed by atoms with E-state index >= 15 is 0 Å². The Morgan fingerprint density at radius 3 is 1.38 bits per heavy atom. The highest BCUT2D eigenvalue weighted by Gasteiger charge is 1.95. The molecule has 0 amide bonds. The van der Waals surface area contributed by atoms with E-state index < -0.39 is 0 Å². The first-order valence-electron chi connectivity index (χ1n) is 2.49. The Bertz CT molecular complexity index is 39.0. The second-order valence-corrected chi connectivity index (χ2v) is 10.1. The van der Waals surface area contributed by atoms with Gasteiger partial charge in [0.25, 0.3) is 0 Å². The summed E-state index contributed by atoms with van der Waals surface area (Å²) in [6.07, 6.45) is 0. The first-order valence-corrected chi connectivity index (χ1v) is 10.6. The molecule has 0 rings (SSSR count). The van der Waals surface area contributed by atoms with Crippen LogP contribution in [0.3, 0.4) is 0 Å². The van der Waals surface area contributed by atoms with E-state index in [1.165, 1.54) is 9.76 Å². The van der Waals surface area contributed by atoms with Crippen molar-refractivity contribution < 1.29 is 4.00 Å². The number of quaternary nitrogens is 1. The van der Waals surface area contributed by atoms with Gasteiger partial charge in [0.1, 0.15) is 8.35 Å². The second-order valence-electron chi connectivity index (χ2n) is 2.12. The molecule has 0 bridgehead atoms. The summed E-state index contributed by atoms with van der Waals surface area (Å²) in [6, 6.07) is 0. The SMILES string of the molecule is C[N+](C)(C)Cl.[SiH3][SiH2]Cl. The fourth-order valence-electron chi connectivity index (χ4n) is 0. The number of rotatable bonds is 0. The zero-order chi connectivity index (χ0) is 7.21. The summed E-state index contributed by atoms with van der Waals surface area (Å²) < 4.78 is 0.472. The molecule has 0 N–H and O–H groups in total. The van der Waals surface area contributed by atoms with Gasteiger partial charge in [-0.05, 0) is 0 Å². The van der Waals surface area contributed by atoms with Gasteiger partial charge in [-0.1, -0.05) is 0 Å². The van der Waals surface area contributed by atoms with E-state index in [2.05, 4.69) is 0 Å². The van der Waals surface area contributed by atoms with Gasteiger partial charge >= 0.3 is 0 Å². The zero-order valence-corrected chi connectivity index (χ0v) is 10.8. The lowest BCUT2D eigenvalue weighted by atomic mass is 11.0. The largest absolute Gasteiger partial charge is 0.229 e. The van der Waals surface area contributed by atoms with Gasteiger partial charge in [-0.15, -0.1) is 0 Å². The molecule has 0 fully saturated rings. The van der Waals surface area contributed by atoms with Crippen LogP contribution in [0.4, 0.5) is 0 Å². The van der Waals surface area contributed by atoms with E-state index in [9.17, 15) is 0 Å². The molecule has 0 aromatic carbocycles. The van der Waals surface area contributed by atoms with Gasteiger partial charge in [0, 0.05) is 9.76 Å². The summed E-state index contributed by atoms with van der Waals surface area (Å²) >= 11 is 10.7. The molecule has 0 atom stereocenters. The molecule has 0 radical (unpaired) electrons. The second kappa shape index (κ2) is 6.10. The van der Waals surface area contributed by atoms with Crippen LogP contribution < -0.4 is 0 Å². The third-order valence-electron chi connectivity index (χ3n) is 0. The summed E-state index contributed by atoms with van der Waals surface area (Å²) in [6.45, 7) is 0. The molecule has 0 unspecified atom stereocenters. The monoisotopic (exact) mass is 190 g/mol. The first kappa shape index (κ1) is 11.7. The topological polar surface area (TPSA) is 0 Å². The Balaban J connectivity index is 0. The third kappa shape index (κ3) is 262. The molecule has 0 spiro atoms. The maximum atomic E-state index is 5.47. The van der Waals surface area contributed by atoms with E-state index in [-0.39, 0.29) is 8.35 Å². The highest BCUT2D eigenvalue weighted by molar-refractivity contribution is 7.19. The molecule has 0 aliphatic heterocycles. The van der Waals surface area contributed by atoms with Crippen LogP contribution in [0.25, 0.3) is 0 Å². The quantitative estimate of drug-likeness (QED) is 0.273. The van der Waals surface area contributed by atoms with Crippen molar-refractivity contribution in [1.82, 2.24) is 0 Å². The minimum Gasteiger partial charge on any atom is -0.229 e. The van der Waals surface area contributed by atoms with Crippen LogP contribution in [-0.2, 0) is 0 Å². The minimum absolute atomic E-state index is 0.0278. The van der Waals surface area contributed by atoms with Crippen molar-refractivity contribution in [1.29, 1.82) is 0 Å². The van der Waals surface area contributed by atoms with Gasteiger partial charge in [0.2, 0.25) is 0 Å². The maximum absolute atomic E-state index is 5.47. The van der Waals surface area contributed by atoms with Gasteiger partial charge < -0.3 is 0 Å². The molecule has 0 aromatic rings. The summed E-state index contributed by atoms with van der Waals surface area (Å²) in [5.41, 5.74) is 0. The van der Waals surface area contributed by atoms with Crippen LogP contribution >= 0.6 is 22.9 Å². The summed E-state index contributed by atoms with van der Waals surface area (Å²) in [5, 5.41) is 0. The van der Waals surface area contributed by atoms with Gasteiger partial charge in [0.15, 0.2) is 11.8 Å². The lowest BCUT2D eigenvalue weighted by Crippen LogP contribution is -2.19. The van der Waals surface area contributed by atoms with Gasteiger partial charge in [-0.3, -0.25) is 0 Å². The van der Waals surface area contributed by atoms with Crippen LogP contribution in [0, 0.1) is 0 Å². The van der Waals surface area contributed by atoms with E-state index in [4.69, 9.17) is 22.9 Å². The molecule has 0 aliphatic carbocycles. The normalized spacial score (nSPS) is 11.6. The highest BCUT2D eigenvalue weighted by atomic mass is 35.6. The van der Waals surface area contributed by atoms with E-state index in [0.29, 0.717) is 4.00 Å². The lowest BCUT2D eigenvalue weighted by molar-refractivity contribution is -0.747. The van der Waals surface area contributed by atoms with Crippen molar-refractivity contribution in [3.63, 3.8) is 0 Å². The Morgan fingerprint density at radius 1 is 1.38 bits per heavy atom. The van der Waals surface area contributed by atoms with E-state index in [0.717, 1.165) is 0 Å². The molecular formula is C3H14Cl2NSi2+. The number of halogens is 2. The molecule has 0 heterocycles. The number of hydrogen-bond donors (Lipinski definition) is 0. The summed E-state index contributed by atoms with van der Waals surface area (Å²) in [5.74, 6) is 0. The van der Waals surface area contributed by atoms with Crippen molar-refractivity contribution in [3.05, 3.63) is 0 Å². The van der Waals surface area contributed by atoms with Gasteiger partial charge in [0.05, 0.1) is 21.1 Å². The van der Waals surface area contributed by atoms with E-state index in [1.807, 2.05) is 21.1 Å². The molecule has 0 aromatic heterocycles. The minimum atomic E-state index is 0.0278. The highest BCUT2D eigenvalue weighted by Crippen LogP contribution is 1.91. The Morgan fingerprint density at radius 2 is 1.38 bits per heavy atom. The third-order valence-corrected chi connectivity index (χ3v) is 0. The van der Waals surface area contributed by atoms with Crippen molar-refractivity contribution >= 4 is 41.0 Å². The van der Waals surface area contributed by atoms with Crippen LogP contribution in [-0.4, -0.2) is 43.3 Å². The fraction of sp³-hybridized carbons (Fsp3) is 1.00. The predicted octanol–water partition coefficient (Wildman–Crippen LogP) is -0.564. The summed E-state index contributed by atoms with van der Waals surface area (Å²) in [4.78, 5) is 0. The molecule has 0 aliphatic rings. The molecule has 5 heteroatoms. The smallest absolute Gasteiger partial charge is 0.164 e. The molecular weight excluding hydrogens is 177 g/mol. The fourth-order valence-corrected chi connectivity index (χ4v) is 0. The van der Waals surface area contributed by atoms with Crippen LogP contribution in [0.15, 0.2) is 0 Å².